The summed E-state index contributed by atoms with van der Waals surface area (Å²) in [6, 6.07) is 19.3. The van der Waals surface area contributed by atoms with E-state index < -0.39 is 6.10 Å². The number of hydrogen-bond acceptors (Lipinski definition) is 9. The Hall–Kier alpha value is -4.81. The Morgan fingerprint density at radius 2 is 1.74 bits per heavy atom. The normalized spacial score (nSPS) is 17.4. The second-order valence-corrected chi connectivity index (χ2v) is 13.2. The van der Waals surface area contributed by atoms with Crippen molar-refractivity contribution in [2.45, 2.75) is 38.5 Å². The zero-order valence-corrected chi connectivity index (χ0v) is 29.0. The number of carbonyl (C=O) groups is 1. The van der Waals surface area contributed by atoms with Crippen molar-refractivity contribution < 1.29 is 14.6 Å². The molecule has 0 aliphatic carbocycles. The summed E-state index contributed by atoms with van der Waals surface area (Å²) in [6.07, 6.45) is 2.31. The molecule has 0 bridgehead atoms. The van der Waals surface area contributed by atoms with Crippen molar-refractivity contribution >= 4 is 40.6 Å². The number of methoxy groups -OCH3 is 1. The lowest BCUT2D eigenvalue weighted by Crippen LogP contribution is -2.42. The lowest BCUT2D eigenvalue weighted by Gasteiger charge is -2.19. The number of halogens is 2. The van der Waals surface area contributed by atoms with Gasteiger partial charge < -0.3 is 25.8 Å². The fourth-order valence-electron chi connectivity index (χ4n) is 6.45. The Labute approximate surface area is 298 Å². The number of amides is 1. The lowest BCUT2D eigenvalue weighted by atomic mass is 9.96. The van der Waals surface area contributed by atoms with Crippen LogP contribution in [0.4, 0.5) is 0 Å². The average Bonchev–Trinajstić information content (AvgIpc) is 3.53. The number of aryl methyl sites for hydroxylation is 1. The molecule has 4 N–H and O–H groups in total. The standard InChI is InChI=1S/C37H35Cl2N7O4/c1-20-13-22(14-31-41-19-29(37(49)46(20)31)35-42-17-24(47)18-43-35)25-5-3-6-26(33(25)38)27-7-4-8-28(34(27)39)30-11-9-21(36(45-30)50-2)15-40-16-23-10-12-32(48)44-23/h3-9,11,13-14,19,23-24,40,47H,10,12,15-18H2,1-2H3,(H,42,43)(H,44,48). The van der Waals surface area contributed by atoms with Crippen molar-refractivity contribution in [1.82, 2.24) is 30.3 Å². The number of fused-ring (bicyclic) bond motifs is 1. The first-order chi connectivity index (χ1) is 24.2. The van der Waals surface area contributed by atoms with Crippen LogP contribution in [0.5, 0.6) is 5.88 Å². The fraction of sp³-hybridized carbons (Fsp3) is 0.270. The molecular weight excluding hydrogens is 677 g/mol. The molecule has 0 spiro atoms. The van der Waals surface area contributed by atoms with E-state index in [2.05, 4.69) is 25.9 Å². The van der Waals surface area contributed by atoms with E-state index in [0.717, 1.165) is 39.8 Å². The number of carbonyl (C=O) groups excluding carboxylic acids is 1. The minimum atomic E-state index is -0.586. The van der Waals surface area contributed by atoms with Crippen LogP contribution in [0, 0.1) is 6.92 Å². The average molecular weight is 713 g/mol. The SMILES string of the molecule is COc1nc(-c2cccc(-c3cccc(-c4cc(C)n5c(=O)c(C6=NCC(O)CN6)cnc5c4)c3Cl)c2Cl)ccc1CNCC1CCC(=O)N1. The lowest BCUT2D eigenvalue weighted by molar-refractivity contribution is -0.119. The Morgan fingerprint density at radius 1 is 1.00 bits per heavy atom. The van der Waals surface area contributed by atoms with Crippen LogP contribution < -0.4 is 26.2 Å². The topological polar surface area (TPSA) is 142 Å². The molecule has 1 fully saturated rings. The van der Waals surface area contributed by atoms with E-state index in [4.69, 9.17) is 32.9 Å². The van der Waals surface area contributed by atoms with Crippen LogP contribution in [0.25, 0.3) is 39.2 Å². The molecule has 2 aliphatic heterocycles. The van der Waals surface area contributed by atoms with Gasteiger partial charge in [0.15, 0.2) is 0 Å². The highest BCUT2D eigenvalue weighted by Gasteiger charge is 2.22. The molecule has 11 nitrogen and oxygen atoms in total. The summed E-state index contributed by atoms with van der Waals surface area (Å²) in [5, 5.41) is 20.1. The maximum Gasteiger partial charge on any atom is 0.269 e. The molecule has 7 rings (SSSR count). The van der Waals surface area contributed by atoms with Gasteiger partial charge in [-0.1, -0.05) is 65.7 Å². The van der Waals surface area contributed by atoms with Crippen molar-refractivity contribution in [2.75, 3.05) is 26.7 Å². The number of ether oxygens (including phenoxy) is 1. The Morgan fingerprint density at radius 3 is 2.44 bits per heavy atom. The summed E-state index contributed by atoms with van der Waals surface area (Å²) in [4.78, 5) is 38.7. The third kappa shape index (κ3) is 6.57. The molecule has 5 heterocycles. The Bertz CT molecular complexity index is 2220. The minimum absolute atomic E-state index is 0.0907. The van der Waals surface area contributed by atoms with Crippen LogP contribution in [-0.4, -0.2) is 70.1 Å². The largest absolute Gasteiger partial charge is 0.481 e. The summed E-state index contributed by atoms with van der Waals surface area (Å²) >= 11 is 14.2. The van der Waals surface area contributed by atoms with Gasteiger partial charge in [-0.2, -0.15) is 0 Å². The first-order valence-corrected chi connectivity index (χ1v) is 17.1. The van der Waals surface area contributed by atoms with Gasteiger partial charge in [0.25, 0.3) is 5.56 Å². The number of aliphatic imine (C=N–C) groups is 1. The Kier molecular flexibility index (Phi) is 9.56. The van der Waals surface area contributed by atoms with Gasteiger partial charge in [0.05, 0.1) is 35.5 Å². The summed E-state index contributed by atoms with van der Waals surface area (Å²) in [7, 11) is 1.59. The number of nitrogens with one attached hydrogen (secondary N) is 3. The summed E-state index contributed by atoms with van der Waals surface area (Å²) < 4.78 is 7.19. The molecule has 1 amide bonds. The van der Waals surface area contributed by atoms with Crippen molar-refractivity contribution in [1.29, 1.82) is 0 Å². The second kappa shape index (κ2) is 14.2. The van der Waals surface area contributed by atoms with E-state index in [9.17, 15) is 14.7 Å². The molecular formula is C37H35Cl2N7O4. The molecule has 13 heteroatoms. The quantitative estimate of drug-likeness (QED) is 0.171. The van der Waals surface area contributed by atoms with Crippen molar-refractivity contribution in [3.05, 3.63) is 104 Å². The van der Waals surface area contributed by atoms with E-state index in [1.54, 1.807) is 11.5 Å². The summed E-state index contributed by atoms with van der Waals surface area (Å²) in [6.45, 7) is 3.59. The number of pyridine rings is 2. The second-order valence-electron chi connectivity index (χ2n) is 12.4. The number of rotatable bonds is 9. The van der Waals surface area contributed by atoms with Gasteiger partial charge in [-0.3, -0.25) is 19.0 Å². The van der Waals surface area contributed by atoms with Crippen LogP contribution in [-0.2, 0) is 11.3 Å². The number of aliphatic hydroxyl groups excluding tert-OH is 1. The maximum atomic E-state index is 13.5. The van der Waals surface area contributed by atoms with E-state index >= 15 is 0 Å². The summed E-state index contributed by atoms with van der Waals surface area (Å²) in [5.41, 5.74) is 6.54. The number of aliphatic hydroxyl groups is 1. The summed E-state index contributed by atoms with van der Waals surface area (Å²) in [5.74, 6) is 1.00. The van der Waals surface area contributed by atoms with E-state index in [0.29, 0.717) is 70.4 Å². The molecule has 0 saturated carbocycles. The van der Waals surface area contributed by atoms with Gasteiger partial charge in [0, 0.05) is 71.8 Å². The molecule has 2 atom stereocenters. The van der Waals surface area contributed by atoms with E-state index in [1.165, 1.54) is 6.20 Å². The minimum Gasteiger partial charge on any atom is -0.481 e. The van der Waals surface area contributed by atoms with Crippen molar-refractivity contribution in [2.24, 2.45) is 4.99 Å². The zero-order valence-electron chi connectivity index (χ0n) is 27.5. The molecule has 5 aromatic rings. The highest BCUT2D eigenvalue weighted by Crippen LogP contribution is 2.42. The number of hydrogen-bond donors (Lipinski definition) is 4. The van der Waals surface area contributed by atoms with Crippen LogP contribution >= 0.6 is 23.2 Å². The fourth-order valence-corrected chi connectivity index (χ4v) is 7.12. The van der Waals surface area contributed by atoms with Gasteiger partial charge in [-0.15, -0.1) is 0 Å². The highest BCUT2D eigenvalue weighted by atomic mass is 35.5. The molecule has 50 heavy (non-hydrogen) atoms. The third-order valence-corrected chi connectivity index (χ3v) is 9.82. The van der Waals surface area contributed by atoms with Crippen LogP contribution in [0.15, 0.2) is 76.6 Å². The van der Waals surface area contributed by atoms with Gasteiger partial charge >= 0.3 is 0 Å². The number of benzene rings is 2. The molecule has 0 radical (unpaired) electrons. The molecule has 3 aromatic heterocycles. The van der Waals surface area contributed by atoms with Gasteiger partial charge in [0.1, 0.15) is 17.0 Å². The van der Waals surface area contributed by atoms with Crippen LogP contribution in [0.2, 0.25) is 10.0 Å². The number of amidine groups is 1. The number of aromatic nitrogens is 3. The first kappa shape index (κ1) is 33.7. The van der Waals surface area contributed by atoms with E-state index in [-0.39, 0.29) is 24.1 Å². The van der Waals surface area contributed by atoms with E-state index in [1.807, 2.05) is 67.6 Å². The highest BCUT2D eigenvalue weighted by molar-refractivity contribution is 6.39. The predicted molar refractivity (Wildman–Crippen MR) is 195 cm³/mol. The van der Waals surface area contributed by atoms with Crippen LogP contribution in [0.3, 0.4) is 0 Å². The van der Waals surface area contributed by atoms with Gasteiger partial charge in [-0.05, 0) is 37.1 Å². The molecule has 256 valence electrons. The van der Waals surface area contributed by atoms with Gasteiger partial charge in [0.2, 0.25) is 11.8 Å². The first-order valence-electron chi connectivity index (χ1n) is 16.3. The smallest absolute Gasteiger partial charge is 0.269 e. The molecule has 2 unspecified atom stereocenters. The van der Waals surface area contributed by atoms with Crippen molar-refractivity contribution in [3.8, 4) is 39.4 Å². The van der Waals surface area contributed by atoms with Gasteiger partial charge in [-0.25, -0.2) is 9.97 Å². The molecule has 2 aliphatic rings. The third-order valence-electron chi connectivity index (χ3n) is 9.01. The molecule has 2 aromatic carbocycles. The Balaban J connectivity index is 1.18. The zero-order chi connectivity index (χ0) is 34.9. The predicted octanol–water partition coefficient (Wildman–Crippen LogP) is 4.79. The monoisotopic (exact) mass is 711 g/mol. The van der Waals surface area contributed by atoms with Crippen molar-refractivity contribution in [3.63, 3.8) is 0 Å². The number of β-amino-alcohol motifs (C(OH)–C–C–N with tert-alkyl or cyclic N) is 1. The van der Waals surface area contributed by atoms with Crippen LogP contribution in [0.1, 0.15) is 29.7 Å². The maximum absolute atomic E-state index is 13.5. The molecule has 1 saturated heterocycles. The number of nitrogens with zero attached hydrogens (tertiary/aromatic N) is 4.